The molecule has 0 atom stereocenters. The third kappa shape index (κ3) is 2.06. The van der Waals surface area contributed by atoms with Crippen molar-refractivity contribution >= 4 is 26.8 Å². The van der Waals surface area contributed by atoms with Crippen LogP contribution >= 0.6 is 15.9 Å². The van der Waals surface area contributed by atoms with Crippen LogP contribution in [-0.2, 0) is 13.6 Å². The van der Waals surface area contributed by atoms with Gasteiger partial charge in [0.1, 0.15) is 0 Å². The third-order valence-corrected chi connectivity index (χ3v) is 4.35. The van der Waals surface area contributed by atoms with Crippen LogP contribution in [0.4, 0.5) is 0 Å². The van der Waals surface area contributed by atoms with E-state index in [0.717, 1.165) is 21.4 Å². The molecule has 0 unspecified atom stereocenters. The fourth-order valence-electron chi connectivity index (χ4n) is 2.28. The Hall–Kier alpha value is -1.95. The van der Waals surface area contributed by atoms with E-state index in [1.807, 2.05) is 47.6 Å². The summed E-state index contributed by atoms with van der Waals surface area (Å²) in [5, 5.41) is 9.28. The average molecular weight is 333 g/mol. The van der Waals surface area contributed by atoms with Crippen molar-refractivity contribution < 1.29 is 0 Å². The molecule has 0 amide bonds. The first-order valence-corrected chi connectivity index (χ1v) is 7.00. The molecule has 3 aromatic rings. The average Bonchev–Trinajstić information content (AvgIpc) is 2.68. The van der Waals surface area contributed by atoms with Crippen LogP contribution in [0, 0.1) is 6.92 Å². The number of hydrogen-bond donors (Lipinski definition) is 0. The van der Waals surface area contributed by atoms with Gasteiger partial charge in [-0.15, -0.1) is 0 Å². The normalized spacial score (nSPS) is 11.2. The molecule has 1 aromatic carbocycles. The Kier molecular flexibility index (Phi) is 3.17. The highest BCUT2D eigenvalue weighted by molar-refractivity contribution is 9.10. The van der Waals surface area contributed by atoms with Gasteiger partial charge in [-0.05, 0) is 35.0 Å². The van der Waals surface area contributed by atoms with Gasteiger partial charge in [-0.3, -0.25) is 14.2 Å². The zero-order valence-corrected chi connectivity index (χ0v) is 12.8. The van der Waals surface area contributed by atoms with Gasteiger partial charge in [0.25, 0.3) is 0 Å². The van der Waals surface area contributed by atoms with Gasteiger partial charge < -0.3 is 0 Å². The first-order chi connectivity index (χ1) is 9.58. The summed E-state index contributed by atoms with van der Waals surface area (Å²) in [7, 11) is 1.90. The van der Waals surface area contributed by atoms with Crippen LogP contribution in [-0.4, -0.2) is 19.6 Å². The van der Waals surface area contributed by atoms with E-state index in [1.165, 1.54) is 6.20 Å². The Bertz CT molecular complexity index is 850. The molecule has 20 heavy (non-hydrogen) atoms. The van der Waals surface area contributed by atoms with Gasteiger partial charge in [0, 0.05) is 12.4 Å². The summed E-state index contributed by atoms with van der Waals surface area (Å²) in [6, 6.07) is 7.49. The van der Waals surface area contributed by atoms with Crippen molar-refractivity contribution in [2.75, 3.05) is 0 Å². The van der Waals surface area contributed by atoms with Crippen LogP contribution < -0.4 is 5.43 Å². The van der Waals surface area contributed by atoms with Crippen molar-refractivity contribution in [2.24, 2.45) is 7.05 Å². The van der Waals surface area contributed by atoms with E-state index >= 15 is 0 Å². The van der Waals surface area contributed by atoms with Gasteiger partial charge in [-0.1, -0.05) is 12.1 Å². The Morgan fingerprint density at radius 2 is 2.05 bits per heavy atom. The van der Waals surface area contributed by atoms with Crippen LogP contribution in [0.25, 0.3) is 10.9 Å². The summed E-state index contributed by atoms with van der Waals surface area (Å²) >= 11 is 3.55. The molecule has 6 heteroatoms. The molecule has 0 radical (unpaired) electrons. The van der Waals surface area contributed by atoms with E-state index in [-0.39, 0.29) is 5.43 Å². The molecule has 0 N–H and O–H groups in total. The second-order valence-corrected chi connectivity index (χ2v) is 5.45. The largest absolute Gasteiger partial charge is 0.287 e. The van der Waals surface area contributed by atoms with E-state index in [9.17, 15) is 4.79 Å². The molecule has 0 fully saturated rings. The minimum Gasteiger partial charge on any atom is -0.287 e. The summed E-state index contributed by atoms with van der Waals surface area (Å²) < 4.78 is 4.62. The number of benzene rings is 1. The minimum absolute atomic E-state index is 0.0582. The van der Waals surface area contributed by atoms with E-state index < -0.39 is 0 Å². The van der Waals surface area contributed by atoms with Gasteiger partial charge in [-0.2, -0.15) is 10.2 Å². The van der Waals surface area contributed by atoms with Crippen molar-refractivity contribution in [2.45, 2.75) is 13.5 Å². The summed E-state index contributed by atoms with van der Waals surface area (Å²) in [6.45, 7) is 2.50. The number of aryl methyl sites for hydroxylation is 2. The molecule has 5 nitrogen and oxygen atoms in total. The molecule has 102 valence electrons. The maximum Gasteiger partial charge on any atom is 0.207 e. The van der Waals surface area contributed by atoms with Crippen LogP contribution in [0.5, 0.6) is 0 Å². The Morgan fingerprint density at radius 3 is 2.75 bits per heavy atom. The summed E-state index contributed by atoms with van der Waals surface area (Å²) in [6.07, 6.45) is 1.36. The fourth-order valence-corrected chi connectivity index (χ4v) is 2.74. The monoisotopic (exact) mass is 332 g/mol. The Morgan fingerprint density at radius 1 is 1.30 bits per heavy atom. The van der Waals surface area contributed by atoms with Crippen molar-refractivity contribution in [3.8, 4) is 0 Å². The Labute approximate surface area is 124 Å². The molecule has 0 saturated heterocycles. The SMILES string of the molecule is Cc1nn(C)c(Cn2ncc(=O)c3ccccc32)c1Br. The van der Waals surface area contributed by atoms with Crippen LogP contribution in [0.15, 0.2) is 39.7 Å². The topological polar surface area (TPSA) is 52.7 Å². The first kappa shape index (κ1) is 13.1. The van der Waals surface area contributed by atoms with Crippen LogP contribution in [0.1, 0.15) is 11.4 Å². The lowest BCUT2D eigenvalue weighted by atomic mass is 10.2. The van der Waals surface area contributed by atoms with Gasteiger partial charge in [0.05, 0.1) is 34.1 Å². The molecule has 3 rings (SSSR count). The molecule has 0 spiro atoms. The number of nitrogens with zero attached hydrogens (tertiary/aromatic N) is 4. The number of rotatable bonds is 2. The lowest BCUT2D eigenvalue weighted by Gasteiger charge is -2.09. The van der Waals surface area contributed by atoms with E-state index in [0.29, 0.717) is 11.9 Å². The predicted molar refractivity (Wildman–Crippen MR) is 80.8 cm³/mol. The molecule has 0 bridgehead atoms. The highest BCUT2D eigenvalue weighted by Crippen LogP contribution is 2.21. The number of halogens is 1. The van der Waals surface area contributed by atoms with Crippen LogP contribution in [0.3, 0.4) is 0 Å². The molecule has 0 aliphatic heterocycles. The van der Waals surface area contributed by atoms with Crippen LogP contribution in [0.2, 0.25) is 0 Å². The maximum atomic E-state index is 11.8. The number of para-hydroxylation sites is 1. The van der Waals surface area contributed by atoms with Crippen molar-refractivity contribution in [3.05, 3.63) is 56.5 Å². The van der Waals surface area contributed by atoms with E-state index in [2.05, 4.69) is 26.1 Å². The molecule has 0 aliphatic carbocycles. The lowest BCUT2D eigenvalue weighted by Crippen LogP contribution is -2.14. The first-order valence-electron chi connectivity index (χ1n) is 6.21. The maximum absolute atomic E-state index is 11.8. The number of aromatic nitrogens is 4. The lowest BCUT2D eigenvalue weighted by molar-refractivity contribution is 0.623. The highest BCUT2D eigenvalue weighted by atomic mass is 79.9. The van der Waals surface area contributed by atoms with Gasteiger partial charge in [-0.25, -0.2) is 0 Å². The van der Waals surface area contributed by atoms with Gasteiger partial charge >= 0.3 is 0 Å². The van der Waals surface area contributed by atoms with Gasteiger partial charge in [0.15, 0.2) is 0 Å². The standard InChI is InChI=1S/C14H13BrN4O/c1-9-14(15)12(18(2)17-9)8-19-11-6-4-3-5-10(11)13(20)7-16-19/h3-7H,8H2,1-2H3. The second kappa shape index (κ2) is 4.86. The third-order valence-electron chi connectivity index (χ3n) is 3.32. The van der Waals surface area contributed by atoms with E-state index in [1.54, 1.807) is 0 Å². The molecular formula is C14H13BrN4O. The Balaban J connectivity index is 2.16. The second-order valence-electron chi connectivity index (χ2n) is 4.65. The van der Waals surface area contributed by atoms with Crippen molar-refractivity contribution in [1.29, 1.82) is 0 Å². The smallest absolute Gasteiger partial charge is 0.207 e. The molecule has 0 saturated carbocycles. The molecule has 2 aromatic heterocycles. The quantitative estimate of drug-likeness (QED) is 0.723. The summed E-state index contributed by atoms with van der Waals surface area (Å²) in [4.78, 5) is 11.8. The molecule has 0 aliphatic rings. The zero-order chi connectivity index (χ0) is 14.3. The molecular weight excluding hydrogens is 320 g/mol. The molecule has 2 heterocycles. The number of fused-ring (bicyclic) bond motifs is 1. The summed E-state index contributed by atoms with van der Waals surface area (Å²) in [5.74, 6) is 0. The highest BCUT2D eigenvalue weighted by Gasteiger charge is 2.12. The fraction of sp³-hybridized carbons (Fsp3) is 0.214. The van der Waals surface area contributed by atoms with E-state index in [4.69, 9.17) is 0 Å². The number of hydrogen-bond acceptors (Lipinski definition) is 3. The summed E-state index contributed by atoms with van der Waals surface area (Å²) in [5.41, 5.74) is 2.72. The minimum atomic E-state index is -0.0582. The van der Waals surface area contributed by atoms with Gasteiger partial charge in [0.2, 0.25) is 5.43 Å². The van der Waals surface area contributed by atoms with Crippen molar-refractivity contribution in [3.63, 3.8) is 0 Å². The zero-order valence-electron chi connectivity index (χ0n) is 11.2. The van der Waals surface area contributed by atoms with Crippen molar-refractivity contribution in [1.82, 2.24) is 19.6 Å². The predicted octanol–water partition coefficient (Wildman–Crippen LogP) is 2.25.